The van der Waals surface area contributed by atoms with E-state index in [2.05, 4.69) is 21.4 Å². The lowest BCUT2D eigenvalue weighted by molar-refractivity contribution is -0.113. The largest absolute Gasteiger partial charge is 0.376 e. The third kappa shape index (κ3) is 5.27. The molecule has 4 rings (SSSR count). The quantitative estimate of drug-likeness (QED) is 0.407. The van der Waals surface area contributed by atoms with Gasteiger partial charge in [0.2, 0.25) is 5.91 Å². The standard InChI is InChI=1S/C25H27N5O2S/c1-16-12-22(19-8-5-4-6-9-19)28-25(27-16)33-15-23(31)29-24-21(13-26)17(2)18(3)30(24)14-20-10-7-11-32-20/h4-6,8-9,12,20H,7,10-11,14-15H2,1-3H3,(H,29,31)/t20-/m0/s1. The smallest absolute Gasteiger partial charge is 0.235 e. The summed E-state index contributed by atoms with van der Waals surface area (Å²) in [6, 6.07) is 14.1. The topological polar surface area (TPSA) is 92.8 Å². The second-order valence-electron chi connectivity index (χ2n) is 8.17. The van der Waals surface area contributed by atoms with Gasteiger partial charge in [-0.3, -0.25) is 4.79 Å². The molecule has 3 aromatic rings. The maximum Gasteiger partial charge on any atom is 0.235 e. The summed E-state index contributed by atoms with van der Waals surface area (Å²) in [6.07, 6.45) is 2.12. The Kier molecular flexibility index (Phi) is 7.11. The second kappa shape index (κ2) is 10.2. The average Bonchev–Trinajstić information content (AvgIpc) is 3.41. The Morgan fingerprint density at radius 2 is 2.06 bits per heavy atom. The summed E-state index contributed by atoms with van der Waals surface area (Å²) in [7, 11) is 0. The van der Waals surface area contributed by atoms with Gasteiger partial charge in [0.05, 0.1) is 29.7 Å². The van der Waals surface area contributed by atoms with Crippen LogP contribution in [0.2, 0.25) is 0 Å². The van der Waals surface area contributed by atoms with E-state index >= 15 is 0 Å². The zero-order chi connectivity index (χ0) is 23.4. The number of carbonyl (C=O) groups excluding carboxylic acids is 1. The molecule has 1 aliphatic rings. The highest BCUT2D eigenvalue weighted by molar-refractivity contribution is 7.99. The maximum absolute atomic E-state index is 12.9. The molecule has 0 saturated carbocycles. The first-order valence-electron chi connectivity index (χ1n) is 11.0. The third-order valence-electron chi connectivity index (χ3n) is 5.84. The van der Waals surface area contributed by atoms with Gasteiger partial charge in [-0.1, -0.05) is 42.1 Å². The van der Waals surface area contributed by atoms with Crippen LogP contribution in [0.3, 0.4) is 0 Å². The molecule has 0 aliphatic carbocycles. The summed E-state index contributed by atoms with van der Waals surface area (Å²) in [5.41, 5.74) is 5.03. The van der Waals surface area contributed by atoms with Crippen LogP contribution in [-0.2, 0) is 16.1 Å². The highest BCUT2D eigenvalue weighted by atomic mass is 32.2. The first-order chi connectivity index (χ1) is 16.0. The number of hydrogen-bond donors (Lipinski definition) is 1. The predicted molar refractivity (Wildman–Crippen MR) is 129 cm³/mol. The first kappa shape index (κ1) is 23.0. The number of nitrogens with zero attached hydrogens (tertiary/aromatic N) is 4. The van der Waals surface area contributed by atoms with Crippen molar-refractivity contribution in [3.05, 3.63) is 58.9 Å². The van der Waals surface area contributed by atoms with Crippen molar-refractivity contribution in [2.75, 3.05) is 17.7 Å². The van der Waals surface area contributed by atoms with Crippen molar-refractivity contribution >= 4 is 23.5 Å². The van der Waals surface area contributed by atoms with Crippen molar-refractivity contribution in [2.24, 2.45) is 0 Å². The van der Waals surface area contributed by atoms with Gasteiger partial charge in [-0.2, -0.15) is 5.26 Å². The van der Waals surface area contributed by atoms with E-state index in [-0.39, 0.29) is 17.8 Å². The summed E-state index contributed by atoms with van der Waals surface area (Å²) in [4.78, 5) is 22.0. The van der Waals surface area contributed by atoms with Gasteiger partial charge in [0.25, 0.3) is 0 Å². The molecule has 1 aromatic carbocycles. The third-order valence-corrected chi connectivity index (χ3v) is 6.69. The lowest BCUT2D eigenvalue weighted by Crippen LogP contribution is -2.22. The fourth-order valence-electron chi connectivity index (χ4n) is 4.01. The van der Waals surface area contributed by atoms with E-state index in [1.54, 1.807) is 0 Å². The van der Waals surface area contributed by atoms with Crippen LogP contribution in [0.25, 0.3) is 11.3 Å². The minimum atomic E-state index is -0.200. The Hall–Kier alpha value is -3.15. The second-order valence-corrected chi connectivity index (χ2v) is 9.11. The van der Waals surface area contributed by atoms with Gasteiger partial charge in [-0.25, -0.2) is 9.97 Å². The number of aromatic nitrogens is 3. The van der Waals surface area contributed by atoms with Gasteiger partial charge >= 0.3 is 0 Å². The SMILES string of the molecule is Cc1cc(-c2ccccc2)nc(SCC(=O)Nc2c(C#N)c(C)c(C)n2C[C@@H]2CCCO2)n1. The molecule has 1 atom stereocenters. The zero-order valence-corrected chi connectivity index (χ0v) is 19.9. The van der Waals surface area contributed by atoms with Crippen LogP contribution < -0.4 is 5.32 Å². The molecule has 2 aromatic heterocycles. The van der Waals surface area contributed by atoms with Crippen LogP contribution in [0.4, 0.5) is 5.82 Å². The van der Waals surface area contributed by atoms with E-state index in [4.69, 9.17) is 4.74 Å². The monoisotopic (exact) mass is 461 g/mol. The van der Waals surface area contributed by atoms with E-state index in [1.165, 1.54) is 11.8 Å². The number of hydrogen-bond acceptors (Lipinski definition) is 6. The minimum absolute atomic E-state index is 0.101. The number of thioether (sulfide) groups is 1. The number of anilines is 1. The normalized spacial score (nSPS) is 15.4. The number of nitriles is 1. The van der Waals surface area contributed by atoms with E-state index in [1.807, 2.05) is 61.7 Å². The Bertz CT molecular complexity index is 1190. The predicted octanol–water partition coefficient (Wildman–Crippen LogP) is 4.65. The Morgan fingerprint density at radius 1 is 1.27 bits per heavy atom. The van der Waals surface area contributed by atoms with Crippen LogP contribution in [0, 0.1) is 32.1 Å². The van der Waals surface area contributed by atoms with E-state index < -0.39 is 0 Å². The van der Waals surface area contributed by atoms with Crippen molar-refractivity contribution in [1.29, 1.82) is 5.26 Å². The van der Waals surface area contributed by atoms with Gasteiger partial charge in [-0.05, 0) is 45.2 Å². The molecule has 1 N–H and O–H groups in total. The van der Waals surface area contributed by atoms with E-state index in [0.717, 1.165) is 47.7 Å². The van der Waals surface area contributed by atoms with Gasteiger partial charge in [0.1, 0.15) is 11.9 Å². The molecule has 7 nitrogen and oxygen atoms in total. The molecule has 0 radical (unpaired) electrons. The first-order valence-corrected chi connectivity index (χ1v) is 12.0. The minimum Gasteiger partial charge on any atom is -0.376 e. The number of nitrogens with one attached hydrogen (secondary N) is 1. The number of aryl methyl sites for hydroxylation is 1. The van der Waals surface area contributed by atoms with Crippen molar-refractivity contribution in [3.8, 4) is 17.3 Å². The molecule has 0 bridgehead atoms. The molecule has 1 amide bonds. The summed E-state index contributed by atoms with van der Waals surface area (Å²) in [6.45, 7) is 7.19. The molecule has 3 heterocycles. The molecular weight excluding hydrogens is 434 g/mol. The molecule has 1 fully saturated rings. The molecular formula is C25H27N5O2S. The summed E-state index contributed by atoms with van der Waals surface area (Å²) >= 11 is 1.28. The van der Waals surface area contributed by atoms with Gasteiger partial charge in [0, 0.05) is 23.6 Å². The van der Waals surface area contributed by atoms with Crippen LogP contribution in [0.5, 0.6) is 0 Å². The van der Waals surface area contributed by atoms with E-state index in [0.29, 0.717) is 23.1 Å². The molecule has 0 spiro atoms. The number of rotatable bonds is 7. The van der Waals surface area contributed by atoms with E-state index in [9.17, 15) is 10.1 Å². The molecule has 33 heavy (non-hydrogen) atoms. The lowest BCUT2D eigenvalue weighted by atomic mass is 10.1. The fraction of sp³-hybridized carbons (Fsp3) is 0.360. The Morgan fingerprint density at radius 3 is 2.76 bits per heavy atom. The summed E-state index contributed by atoms with van der Waals surface area (Å²) < 4.78 is 7.78. The molecule has 170 valence electrons. The van der Waals surface area contributed by atoms with Crippen molar-refractivity contribution in [1.82, 2.24) is 14.5 Å². The number of ether oxygens (including phenoxy) is 1. The Labute approximate surface area is 198 Å². The molecule has 0 unspecified atom stereocenters. The van der Waals surface area contributed by atoms with Crippen LogP contribution in [0.15, 0.2) is 41.6 Å². The average molecular weight is 462 g/mol. The van der Waals surface area contributed by atoms with Gasteiger partial charge < -0.3 is 14.6 Å². The molecule has 8 heteroatoms. The highest BCUT2D eigenvalue weighted by Crippen LogP contribution is 2.29. The fourth-order valence-corrected chi connectivity index (χ4v) is 4.72. The summed E-state index contributed by atoms with van der Waals surface area (Å²) in [5.74, 6) is 0.490. The molecule has 1 aliphatic heterocycles. The maximum atomic E-state index is 12.9. The van der Waals surface area contributed by atoms with Gasteiger partial charge in [0.15, 0.2) is 5.16 Å². The number of carbonyl (C=O) groups is 1. The van der Waals surface area contributed by atoms with Crippen molar-refractivity contribution in [2.45, 2.75) is 51.4 Å². The van der Waals surface area contributed by atoms with Crippen LogP contribution in [-0.4, -0.2) is 38.9 Å². The van der Waals surface area contributed by atoms with Crippen molar-refractivity contribution in [3.63, 3.8) is 0 Å². The zero-order valence-electron chi connectivity index (χ0n) is 19.1. The van der Waals surface area contributed by atoms with Crippen LogP contribution >= 0.6 is 11.8 Å². The number of benzene rings is 1. The van der Waals surface area contributed by atoms with Crippen molar-refractivity contribution < 1.29 is 9.53 Å². The lowest BCUT2D eigenvalue weighted by Gasteiger charge is -2.16. The molecule has 1 saturated heterocycles. The van der Waals surface area contributed by atoms with Gasteiger partial charge in [-0.15, -0.1) is 0 Å². The summed E-state index contributed by atoms with van der Waals surface area (Å²) in [5, 5.41) is 13.2. The Balaban J connectivity index is 1.49. The highest BCUT2D eigenvalue weighted by Gasteiger charge is 2.24. The van der Waals surface area contributed by atoms with Crippen LogP contribution in [0.1, 0.15) is 35.4 Å². The number of amides is 1.